The van der Waals surface area contributed by atoms with Crippen LogP contribution in [0.1, 0.15) is 23.6 Å². The number of nitrogens with one attached hydrogen (secondary N) is 2. The van der Waals surface area contributed by atoms with Gasteiger partial charge < -0.3 is 20.1 Å². The third-order valence-electron chi connectivity index (χ3n) is 4.57. The summed E-state index contributed by atoms with van der Waals surface area (Å²) in [4.78, 5) is 4.57. The Morgan fingerprint density at radius 1 is 1.12 bits per heavy atom. The van der Waals surface area contributed by atoms with E-state index in [-0.39, 0.29) is 36.3 Å². The van der Waals surface area contributed by atoms with Crippen LogP contribution in [0.25, 0.3) is 0 Å². The lowest BCUT2D eigenvalue weighted by Crippen LogP contribution is -2.36. The van der Waals surface area contributed by atoms with Crippen molar-refractivity contribution in [3.05, 3.63) is 77.6 Å². The summed E-state index contributed by atoms with van der Waals surface area (Å²) in [6.45, 7) is 1.03. The van der Waals surface area contributed by atoms with Gasteiger partial charge in [-0.05, 0) is 30.7 Å². The number of guanidine groups is 1. The molecule has 0 bridgehead atoms. The van der Waals surface area contributed by atoms with Crippen molar-refractivity contribution in [3.8, 4) is 11.5 Å². The molecule has 1 aromatic heterocycles. The molecule has 33 heavy (non-hydrogen) atoms. The van der Waals surface area contributed by atoms with Gasteiger partial charge in [-0.2, -0.15) is 13.9 Å². The number of aliphatic imine (C=N–C) groups is 1. The third kappa shape index (κ3) is 8.52. The van der Waals surface area contributed by atoms with Gasteiger partial charge in [-0.15, -0.1) is 24.0 Å². The van der Waals surface area contributed by atoms with Gasteiger partial charge in [-0.1, -0.05) is 30.3 Å². The van der Waals surface area contributed by atoms with Crippen LogP contribution in [0.3, 0.4) is 0 Å². The van der Waals surface area contributed by atoms with Crippen molar-refractivity contribution in [2.24, 2.45) is 4.99 Å². The van der Waals surface area contributed by atoms with E-state index >= 15 is 0 Å². The Hall–Kier alpha value is -2.89. The molecule has 0 atom stereocenters. The van der Waals surface area contributed by atoms with Crippen molar-refractivity contribution >= 4 is 29.9 Å². The van der Waals surface area contributed by atoms with Crippen molar-refractivity contribution in [2.45, 2.75) is 33.2 Å². The standard InChI is InChI=1S/C23H27F2N5O2.HI/c1-3-26-23(28-14-19-11-20(31-2)9-10-21(19)32-22(24)25)27-12-18-13-29-30(16-18)15-17-7-5-4-6-8-17;/h4-11,13,16,22H,3,12,14-15H2,1-2H3,(H2,26,27,28);1H. The maximum absolute atomic E-state index is 12.7. The summed E-state index contributed by atoms with van der Waals surface area (Å²) in [5, 5.41) is 10.7. The van der Waals surface area contributed by atoms with Gasteiger partial charge in [0, 0.05) is 30.4 Å². The number of nitrogens with zero attached hydrogens (tertiary/aromatic N) is 3. The second-order valence-electron chi connectivity index (χ2n) is 6.93. The van der Waals surface area contributed by atoms with E-state index in [0.29, 0.717) is 36.9 Å². The van der Waals surface area contributed by atoms with E-state index in [1.165, 1.54) is 18.7 Å². The van der Waals surface area contributed by atoms with Crippen LogP contribution in [0, 0.1) is 0 Å². The van der Waals surface area contributed by atoms with Crippen molar-refractivity contribution in [1.82, 2.24) is 20.4 Å². The van der Waals surface area contributed by atoms with Gasteiger partial charge in [0.15, 0.2) is 5.96 Å². The number of hydrogen-bond acceptors (Lipinski definition) is 4. The second-order valence-corrected chi connectivity index (χ2v) is 6.93. The molecular formula is C23H28F2IN5O2. The summed E-state index contributed by atoms with van der Waals surface area (Å²) in [5.74, 6) is 1.19. The first-order valence-electron chi connectivity index (χ1n) is 10.3. The molecule has 3 rings (SSSR count). The number of rotatable bonds is 10. The number of benzene rings is 2. The van der Waals surface area contributed by atoms with Crippen LogP contribution >= 0.6 is 24.0 Å². The van der Waals surface area contributed by atoms with Crippen LogP contribution in [0.2, 0.25) is 0 Å². The number of aromatic nitrogens is 2. The lowest BCUT2D eigenvalue weighted by Gasteiger charge is -2.15. The van der Waals surface area contributed by atoms with Gasteiger partial charge in [-0.25, -0.2) is 4.99 Å². The molecule has 7 nitrogen and oxygen atoms in total. The molecule has 178 valence electrons. The fourth-order valence-corrected chi connectivity index (χ4v) is 3.07. The largest absolute Gasteiger partial charge is 0.497 e. The van der Waals surface area contributed by atoms with Crippen LogP contribution in [0.15, 0.2) is 65.9 Å². The number of halogens is 3. The Morgan fingerprint density at radius 3 is 2.61 bits per heavy atom. The minimum Gasteiger partial charge on any atom is -0.497 e. The van der Waals surface area contributed by atoms with E-state index in [4.69, 9.17) is 4.74 Å². The summed E-state index contributed by atoms with van der Waals surface area (Å²) in [6.07, 6.45) is 3.74. The average molecular weight is 571 g/mol. The molecule has 0 radical (unpaired) electrons. The smallest absolute Gasteiger partial charge is 0.387 e. The minimum absolute atomic E-state index is 0. The Balaban J connectivity index is 0.00000385. The molecule has 1 heterocycles. The van der Waals surface area contributed by atoms with Crippen LogP contribution < -0.4 is 20.1 Å². The van der Waals surface area contributed by atoms with E-state index in [1.54, 1.807) is 18.3 Å². The topological polar surface area (TPSA) is 72.7 Å². The summed E-state index contributed by atoms with van der Waals surface area (Å²) in [7, 11) is 1.52. The molecule has 0 aliphatic carbocycles. The van der Waals surface area contributed by atoms with Crippen molar-refractivity contribution in [3.63, 3.8) is 0 Å². The van der Waals surface area contributed by atoms with E-state index in [9.17, 15) is 8.78 Å². The van der Waals surface area contributed by atoms with Gasteiger partial charge >= 0.3 is 6.61 Å². The lowest BCUT2D eigenvalue weighted by molar-refractivity contribution is -0.0504. The number of methoxy groups -OCH3 is 1. The van der Waals surface area contributed by atoms with Crippen molar-refractivity contribution in [1.29, 1.82) is 0 Å². The van der Waals surface area contributed by atoms with E-state index in [0.717, 1.165) is 5.56 Å². The zero-order chi connectivity index (χ0) is 22.8. The molecule has 2 N–H and O–H groups in total. The Morgan fingerprint density at radius 2 is 1.91 bits per heavy atom. The zero-order valence-electron chi connectivity index (χ0n) is 18.5. The molecule has 0 saturated heterocycles. The summed E-state index contributed by atoms with van der Waals surface area (Å²) in [6, 6.07) is 14.8. The summed E-state index contributed by atoms with van der Waals surface area (Å²) in [5.41, 5.74) is 2.66. The first-order valence-corrected chi connectivity index (χ1v) is 10.3. The van der Waals surface area contributed by atoms with Crippen LogP contribution in [0.5, 0.6) is 11.5 Å². The predicted octanol–water partition coefficient (Wildman–Crippen LogP) is 4.41. The predicted molar refractivity (Wildman–Crippen MR) is 134 cm³/mol. The Bertz CT molecular complexity index is 1020. The molecule has 0 saturated carbocycles. The number of hydrogen-bond donors (Lipinski definition) is 2. The molecule has 0 spiro atoms. The average Bonchev–Trinajstić information content (AvgIpc) is 3.24. The molecule has 3 aromatic rings. The Kier molecular flexibility index (Phi) is 10.9. The lowest BCUT2D eigenvalue weighted by atomic mass is 10.2. The molecule has 0 unspecified atom stereocenters. The maximum Gasteiger partial charge on any atom is 0.387 e. The first-order chi connectivity index (χ1) is 15.6. The highest BCUT2D eigenvalue weighted by molar-refractivity contribution is 14.0. The number of ether oxygens (including phenoxy) is 2. The van der Waals surface area contributed by atoms with Crippen LogP contribution in [-0.4, -0.2) is 36.0 Å². The first kappa shape index (κ1) is 26.4. The highest BCUT2D eigenvalue weighted by Crippen LogP contribution is 2.25. The van der Waals surface area contributed by atoms with Gasteiger partial charge in [0.1, 0.15) is 11.5 Å². The molecule has 0 aliphatic heterocycles. The maximum atomic E-state index is 12.7. The summed E-state index contributed by atoms with van der Waals surface area (Å²) < 4.78 is 37.1. The van der Waals surface area contributed by atoms with Gasteiger partial charge in [0.05, 0.1) is 26.4 Å². The quantitative estimate of drug-likeness (QED) is 0.214. The molecule has 0 aliphatic rings. The second kappa shape index (κ2) is 13.6. The third-order valence-corrected chi connectivity index (χ3v) is 4.57. The molecule has 0 amide bonds. The normalized spacial score (nSPS) is 11.1. The fraction of sp³-hybridized carbons (Fsp3) is 0.304. The van der Waals surface area contributed by atoms with Gasteiger partial charge in [0.2, 0.25) is 0 Å². The molecule has 10 heteroatoms. The molecule has 2 aromatic carbocycles. The van der Waals surface area contributed by atoms with Gasteiger partial charge in [-0.3, -0.25) is 4.68 Å². The van der Waals surface area contributed by atoms with E-state index in [2.05, 4.69) is 37.6 Å². The Labute approximate surface area is 209 Å². The highest BCUT2D eigenvalue weighted by atomic mass is 127. The fourth-order valence-electron chi connectivity index (χ4n) is 3.07. The van der Waals surface area contributed by atoms with E-state index in [1.807, 2.05) is 36.0 Å². The van der Waals surface area contributed by atoms with E-state index < -0.39 is 6.61 Å². The monoisotopic (exact) mass is 571 g/mol. The van der Waals surface area contributed by atoms with Gasteiger partial charge in [0.25, 0.3) is 0 Å². The zero-order valence-corrected chi connectivity index (χ0v) is 20.8. The number of alkyl halides is 2. The molecule has 0 fully saturated rings. The molecular weight excluding hydrogens is 543 g/mol. The van der Waals surface area contributed by atoms with Crippen LogP contribution in [-0.2, 0) is 19.6 Å². The van der Waals surface area contributed by atoms with Crippen molar-refractivity contribution < 1.29 is 18.3 Å². The SMILES string of the molecule is CCNC(=NCc1cnn(Cc2ccccc2)c1)NCc1cc(OC)ccc1OC(F)F.I. The summed E-state index contributed by atoms with van der Waals surface area (Å²) >= 11 is 0. The van der Waals surface area contributed by atoms with Crippen molar-refractivity contribution in [2.75, 3.05) is 13.7 Å². The van der Waals surface area contributed by atoms with Crippen LogP contribution in [0.4, 0.5) is 8.78 Å². The minimum atomic E-state index is -2.91. The highest BCUT2D eigenvalue weighted by Gasteiger charge is 2.12.